The highest BCUT2D eigenvalue weighted by molar-refractivity contribution is 5.73. The van der Waals surface area contributed by atoms with Crippen molar-refractivity contribution < 1.29 is 14.3 Å². The number of esters is 1. The van der Waals surface area contributed by atoms with Crippen LogP contribution in [0.4, 0.5) is 0 Å². The van der Waals surface area contributed by atoms with E-state index < -0.39 is 12.0 Å². The minimum absolute atomic E-state index is 0.254. The second-order valence-corrected chi connectivity index (χ2v) is 4.63. The molecular weight excluding hydrogens is 284 g/mol. The van der Waals surface area contributed by atoms with Crippen LogP contribution in [0.1, 0.15) is 19.9 Å². The van der Waals surface area contributed by atoms with Crippen LogP contribution in [0, 0.1) is 0 Å². The van der Waals surface area contributed by atoms with E-state index in [4.69, 9.17) is 9.47 Å². The fraction of sp³-hybridized carbons (Fsp3) is 0.312. The van der Waals surface area contributed by atoms with Crippen LogP contribution in [-0.4, -0.2) is 29.5 Å². The molecule has 0 fully saturated rings. The molecule has 116 valence electrons. The third kappa shape index (κ3) is 3.16. The third-order valence-corrected chi connectivity index (χ3v) is 3.20. The van der Waals surface area contributed by atoms with E-state index in [1.165, 1.54) is 6.07 Å². The lowest BCUT2D eigenvalue weighted by Crippen LogP contribution is -2.31. The molecule has 0 radical (unpaired) electrons. The summed E-state index contributed by atoms with van der Waals surface area (Å²) in [6.45, 7) is 3.55. The van der Waals surface area contributed by atoms with Crippen molar-refractivity contribution in [2.75, 3.05) is 13.7 Å². The first-order chi connectivity index (χ1) is 10.6. The van der Waals surface area contributed by atoms with Crippen molar-refractivity contribution in [3.63, 3.8) is 0 Å². The Morgan fingerprint density at radius 3 is 2.68 bits per heavy atom. The van der Waals surface area contributed by atoms with E-state index in [0.29, 0.717) is 11.4 Å². The van der Waals surface area contributed by atoms with Gasteiger partial charge in [-0.3, -0.25) is 4.79 Å². The van der Waals surface area contributed by atoms with E-state index in [9.17, 15) is 9.59 Å². The van der Waals surface area contributed by atoms with Crippen LogP contribution in [-0.2, 0) is 9.53 Å². The molecule has 6 nitrogen and oxygen atoms in total. The second kappa shape index (κ2) is 6.89. The molecule has 1 atom stereocenters. The van der Waals surface area contributed by atoms with E-state index in [2.05, 4.69) is 5.10 Å². The molecule has 22 heavy (non-hydrogen) atoms. The van der Waals surface area contributed by atoms with E-state index in [1.54, 1.807) is 33.1 Å². The van der Waals surface area contributed by atoms with E-state index in [0.717, 1.165) is 10.2 Å². The molecule has 0 bridgehead atoms. The summed E-state index contributed by atoms with van der Waals surface area (Å²) in [5, 5.41) is 4.28. The standard InChI is InChI=1S/C16H18N2O4/c1-4-22-16(20)11(2)18-15(19)10-9-13(17-18)12-7-5-6-8-14(12)21-3/h5-11H,4H2,1-3H3/t11-/m0/s1. The molecule has 0 spiro atoms. The minimum Gasteiger partial charge on any atom is -0.496 e. The summed E-state index contributed by atoms with van der Waals surface area (Å²) >= 11 is 0. The first-order valence-electron chi connectivity index (χ1n) is 6.98. The Hall–Kier alpha value is -2.63. The summed E-state index contributed by atoms with van der Waals surface area (Å²) in [5.41, 5.74) is 0.933. The zero-order valence-corrected chi connectivity index (χ0v) is 12.8. The summed E-state index contributed by atoms with van der Waals surface area (Å²) in [6.07, 6.45) is 0. The Labute approximate surface area is 128 Å². The predicted molar refractivity (Wildman–Crippen MR) is 81.8 cm³/mol. The average molecular weight is 302 g/mol. The largest absolute Gasteiger partial charge is 0.496 e. The lowest BCUT2D eigenvalue weighted by atomic mass is 10.1. The van der Waals surface area contributed by atoms with Crippen LogP contribution in [0.5, 0.6) is 5.75 Å². The van der Waals surface area contributed by atoms with Crippen LogP contribution in [0.15, 0.2) is 41.2 Å². The Morgan fingerprint density at radius 1 is 1.27 bits per heavy atom. The highest BCUT2D eigenvalue weighted by Gasteiger charge is 2.19. The van der Waals surface area contributed by atoms with Crippen LogP contribution < -0.4 is 10.3 Å². The number of para-hydroxylation sites is 1. The molecule has 0 aliphatic rings. The summed E-state index contributed by atoms with van der Waals surface area (Å²) < 4.78 is 11.4. The number of nitrogens with zero attached hydrogens (tertiary/aromatic N) is 2. The maximum absolute atomic E-state index is 12.0. The maximum atomic E-state index is 12.0. The van der Waals surface area contributed by atoms with E-state index in [-0.39, 0.29) is 12.2 Å². The van der Waals surface area contributed by atoms with Gasteiger partial charge in [0.1, 0.15) is 5.75 Å². The molecule has 0 aliphatic heterocycles. The first kappa shape index (κ1) is 15.8. The number of carbonyl (C=O) groups is 1. The van der Waals surface area contributed by atoms with Gasteiger partial charge in [-0.05, 0) is 32.0 Å². The van der Waals surface area contributed by atoms with Gasteiger partial charge in [0.25, 0.3) is 5.56 Å². The van der Waals surface area contributed by atoms with E-state index in [1.807, 2.05) is 18.2 Å². The van der Waals surface area contributed by atoms with Crippen molar-refractivity contribution in [1.29, 1.82) is 0 Å². The Balaban J connectivity index is 2.47. The number of hydrogen-bond donors (Lipinski definition) is 0. The van der Waals surface area contributed by atoms with Gasteiger partial charge in [0.15, 0.2) is 6.04 Å². The molecule has 2 rings (SSSR count). The van der Waals surface area contributed by atoms with Crippen molar-refractivity contribution in [2.24, 2.45) is 0 Å². The molecule has 0 unspecified atom stereocenters. The molecule has 0 saturated carbocycles. The maximum Gasteiger partial charge on any atom is 0.330 e. The quantitative estimate of drug-likeness (QED) is 0.790. The van der Waals surface area contributed by atoms with Gasteiger partial charge in [-0.25, -0.2) is 9.48 Å². The van der Waals surface area contributed by atoms with E-state index >= 15 is 0 Å². The highest BCUT2D eigenvalue weighted by atomic mass is 16.5. The summed E-state index contributed by atoms with van der Waals surface area (Å²) in [6, 6.07) is 9.54. The van der Waals surface area contributed by atoms with Gasteiger partial charge in [-0.2, -0.15) is 5.10 Å². The lowest BCUT2D eigenvalue weighted by molar-refractivity contribution is -0.147. The fourth-order valence-corrected chi connectivity index (χ4v) is 2.07. The number of aromatic nitrogens is 2. The summed E-state index contributed by atoms with van der Waals surface area (Å²) in [4.78, 5) is 23.8. The molecule has 2 aromatic rings. The molecule has 1 heterocycles. The molecule has 0 N–H and O–H groups in total. The normalized spacial score (nSPS) is 11.8. The Morgan fingerprint density at radius 2 is 2.00 bits per heavy atom. The summed E-state index contributed by atoms with van der Waals surface area (Å²) in [7, 11) is 1.57. The van der Waals surface area contributed by atoms with Crippen LogP contribution in [0.2, 0.25) is 0 Å². The van der Waals surface area contributed by atoms with Gasteiger partial charge in [0.2, 0.25) is 0 Å². The van der Waals surface area contributed by atoms with Gasteiger partial charge in [0, 0.05) is 11.6 Å². The van der Waals surface area contributed by atoms with Gasteiger partial charge in [0.05, 0.1) is 19.4 Å². The SMILES string of the molecule is CCOC(=O)[C@H](C)n1nc(-c2ccccc2OC)ccc1=O. The van der Waals surface area contributed by atoms with Crippen molar-refractivity contribution in [1.82, 2.24) is 9.78 Å². The number of ether oxygens (including phenoxy) is 2. The van der Waals surface area contributed by atoms with Crippen molar-refractivity contribution >= 4 is 5.97 Å². The zero-order valence-electron chi connectivity index (χ0n) is 12.8. The zero-order chi connectivity index (χ0) is 16.1. The number of benzene rings is 1. The smallest absolute Gasteiger partial charge is 0.330 e. The van der Waals surface area contributed by atoms with Crippen LogP contribution >= 0.6 is 0 Å². The van der Waals surface area contributed by atoms with Gasteiger partial charge in [-0.1, -0.05) is 12.1 Å². The lowest BCUT2D eigenvalue weighted by Gasteiger charge is -2.14. The number of rotatable bonds is 5. The predicted octanol–water partition coefficient (Wildman–Crippen LogP) is 2.04. The third-order valence-electron chi connectivity index (χ3n) is 3.20. The van der Waals surface area contributed by atoms with Crippen LogP contribution in [0.3, 0.4) is 0 Å². The molecular formula is C16H18N2O4. The minimum atomic E-state index is -0.790. The molecule has 1 aromatic carbocycles. The van der Waals surface area contributed by atoms with Crippen molar-refractivity contribution in [3.05, 3.63) is 46.8 Å². The first-order valence-corrected chi connectivity index (χ1v) is 6.98. The molecule has 0 aliphatic carbocycles. The molecule has 0 saturated heterocycles. The Kier molecular flexibility index (Phi) is 4.93. The average Bonchev–Trinajstić information content (AvgIpc) is 2.55. The fourth-order valence-electron chi connectivity index (χ4n) is 2.07. The van der Waals surface area contributed by atoms with Crippen molar-refractivity contribution in [3.8, 4) is 17.0 Å². The van der Waals surface area contributed by atoms with Gasteiger partial charge < -0.3 is 9.47 Å². The van der Waals surface area contributed by atoms with Crippen LogP contribution in [0.25, 0.3) is 11.3 Å². The van der Waals surface area contributed by atoms with Gasteiger partial charge in [-0.15, -0.1) is 0 Å². The molecule has 0 amide bonds. The molecule has 6 heteroatoms. The Bertz CT molecular complexity index is 724. The number of methoxy groups -OCH3 is 1. The second-order valence-electron chi connectivity index (χ2n) is 4.63. The highest BCUT2D eigenvalue weighted by Crippen LogP contribution is 2.27. The number of hydrogen-bond acceptors (Lipinski definition) is 5. The topological polar surface area (TPSA) is 70.4 Å². The number of carbonyl (C=O) groups excluding carboxylic acids is 1. The molecule has 1 aromatic heterocycles. The summed E-state index contributed by atoms with van der Waals surface area (Å²) in [5.74, 6) is 0.151. The van der Waals surface area contributed by atoms with Crippen molar-refractivity contribution in [2.45, 2.75) is 19.9 Å². The van der Waals surface area contributed by atoms with Gasteiger partial charge >= 0.3 is 5.97 Å². The monoisotopic (exact) mass is 302 g/mol.